The van der Waals surface area contributed by atoms with Crippen molar-refractivity contribution in [3.63, 3.8) is 0 Å². The van der Waals surface area contributed by atoms with Gasteiger partial charge in [-0.25, -0.2) is 4.79 Å². The van der Waals surface area contributed by atoms with Crippen LogP contribution in [0.25, 0.3) is 0 Å². The van der Waals surface area contributed by atoms with Crippen molar-refractivity contribution in [3.8, 4) is 11.5 Å². The highest BCUT2D eigenvalue weighted by Gasteiger charge is 2.14. The van der Waals surface area contributed by atoms with Gasteiger partial charge in [0.25, 0.3) is 0 Å². The molecule has 108 valence electrons. The van der Waals surface area contributed by atoms with Crippen LogP contribution in [-0.4, -0.2) is 11.9 Å². The maximum Gasteiger partial charge on any atom is 0.343 e. The quantitative estimate of drug-likeness (QED) is 0.621. The molecular weight excluding hydrogens is 268 g/mol. The summed E-state index contributed by atoms with van der Waals surface area (Å²) in [6, 6.07) is 15.3. The molecule has 2 aromatic rings. The first-order valence-electron chi connectivity index (χ1n) is 6.77. The summed E-state index contributed by atoms with van der Waals surface area (Å²) in [5.74, 6) is -0.355. The van der Waals surface area contributed by atoms with E-state index in [0.29, 0.717) is 18.4 Å². The van der Waals surface area contributed by atoms with Gasteiger partial charge in [-0.05, 0) is 30.7 Å². The Labute approximate surface area is 123 Å². The Morgan fingerprint density at radius 1 is 0.857 bits per heavy atom. The standard InChI is InChI=1S/C17H16O4/c1-2-8-16(18)20-14-11-6-7-12-15(14)21-17(19)13-9-4-3-5-10-13/h3-7,9-12H,2,8H2,1H3. The molecule has 0 N–H and O–H groups in total. The van der Waals surface area contributed by atoms with Gasteiger partial charge in [0.05, 0.1) is 5.56 Å². The SMILES string of the molecule is CCCC(=O)Oc1ccccc1OC(=O)c1ccccc1. The van der Waals surface area contributed by atoms with Crippen molar-refractivity contribution in [2.45, 2.75) is 19.8 Å². The summed E-state index contributed by atoms with van der Waals surface area (Å²) in [7, 11) is 0. The van der Waals surface area contributed by atoms with E-state index in [1.165, 1.54) is 0 Å². The lowest BCUT2D eigenvalue weighted by Crippen LogP contribution is -2.12. The van der Waals surface area contributed by atoms with Gasteiger partial charge in [0.2, 0.25) is 0 Å². The average molecular weight is 284 g/mol. The molecule has 0 bridgehead atoms. The van der Waals surface area contributed by atoms with Crippen LogP contribution in [-0.2, 0) is 4.79 Å². The molecule has 0 spiro atoms. The van der Waals surface area contributed by atoms with E-state index in [0.717, 1.165) is 0 Å². The highest BCUT2D eigenvalue weighted by Crippen LogP contribution is 2.27. The largest absolute Gasteiger partial charge is 0.423 e. The zero-order valence-electron chi connectivity index (χ0n) is 11.7. The minimum atomic E-state index is -0.491. The molecule has 0 radical (unpaired) electrons. The lowest BCUT2D eigenvalue weighted by atomic mass is 10.2. The summed E-state index contributed by atoms with van der Waals surface area (Å²) in [4.78, 5) is 23.6. The van der Waals surface area contributed by atoms with Crippen LogP contribution in [0.15, 0.2) is 54.6 Å². The third kappa shape index (κ3) is 4.18. The second-order valence-corrected chi connectivity index (χ2v) is 4.43. The number of hydrogen-bond acceptors (Lipinski definition) is 4. The predicted molar refractivity (Wildman–Crippen MR) is 78.4 cm³/mol. The third-order valence-corrected chi connectivity index (χ3v) is 2.74. The van der Waals surface area contributed by atoms with Crippen molar-refractivity contribution in [1.82, 2.24) is 0 Å². The number of ether oxygens (including phenoxy) is 2. The number of rotatable bonds is 5. The minimum absolute atomic E-state index is 0.232. The van der Waals surface area contributed by atoms with E-state index in [1.807, 2.05) is 13.0 Å². The van der Waals surface area contributed by atoms with Crippen LogP contribution in [0, 0.1) is 0 Å². The van der Waals surface area contributed by atoms with E-state index in [1.54, 1.807) is 48.5 Å². The van der Waals surface area contributed by atoms with E-state index in [4.69, 9.17) is 9.47 Å². The van der Waals surface area contributed by atoms with Crippen LogP contribution in [0.2, 0.25) is 0 Å². The molecule has 0 aliphatic carbocycles. The highest BCUT2D eigenvalue weighted by molar-refractivity contribution is 5.91. The van der Waals surface area contributed by atoms with Crippen molar-refractivity contribution in [1.29, 1.82) is 0 Å². The molecule has 2 aromatic carbocycles. The zero-order chi connectivity index (χ0) is 15.1. The maximum atomic E-state index is 12.0. The predicted octanol–water partition coefficient (Wildman–Crippen LogP) is 3.61. The number of para-hydroxylation sites is 2. The van der Waals surface area contributed by atoms with Crippen LogP contribution in [0.4, 0.5) is 0 Å². The van der Waals surface area contributed by atoms with Gasteiger partial charge >= 0.3 is 11.9 Å². The van der Waals surface area contributed by atoms with Gasteiger partial charge in [-0.15, -0.1) is 0 Å². The molecule has 0 saturated heterocycles. The molecule has 0 amide bonds. The van der Waals surface area contributed by atoms with Gasteiger partial charge in [-0.2, -0.15) is 0 Å². The van der Waals surface area contributed by atoms with Crippen LogP contribution in [0.1, 0.15) is 30.1 Å². The van der Waals surface area contributed by atoms with E-state index < -0.39 is 5.97 Å². The fraction of sp³-hybridized carbons (Fsp3) is 0.176. The van der Waals surface area contributed by atoms with Gasteiger partial charge in [-0.1, -0.05) is 37.3 Å². The van der Waals surface area contributed by atoms with Gasteiger partial charge in [-0.3, -0.25) is 4.79 Å². The second kappa shape index (κ2) is 7.24. The topological polar surface area (TPSA) is 52.6 Å². The van der Waals surface area contributed by atoms with Crippen molar-refractivity contribution in [2.75, 3.05) is 0 Å². The second-order valence-electron chi connectivity index (χ2n) is 4.43. The Balaban J connectivity index is 2.13. The lowest BCUT2D eigenvalue weighted by molar-refractivity contribution is -0.134. The summed E-state index contributed by atoms with van der Waals surface area (Å²) < 4.78 is 10.5. The lowest BCUT2D eigenvalue weighted by Gasteiger charge is -2.10. The van der Waals surface area contributed by atoms with Crippen molar-refractivity contribution in [2.24, 2.45) is 0 Å². The molecule has 0 aliphatic heterocycles. The first-order chi connectivity index (χ1) is 10.2. The number of hydrogen-bond donors (Lipinski definition) is 0. The molecule has 21 heavy (non-hydrogen) atoms. The van der Waals surface area contributed by atoms with Crippen LogP contribution in [0.5, 0.6) is 11.5 Å². The van der Waals surface area contributed by atoms with Crippen LogP contribution in [0.3, 0.4) is 0 Å². The Morgan fingerprint density at radius 3 is 2.05 bits per heavy atom. The Bertz CT molecular complexity index is 620. The van der Waals surface area contributed by atoms with Gasteiger partial charge < -0.3 is 9.47 Å². The van der Waals surface area contributed by atoms with Crippen molar-refractivity contribution in [3.05, 3.63) is 60.2 Å². The summed E-state index contributed by atoms with van der Waals surface area (Å²) in [5.41, 5.74) is 0.437. The van der Waals surface area contributed by atoms with E-state index >= 15 is 0 Å². The van der Waals surface area contributed by atoms with Crippen molar-refractivity contribution < 1.29 is 19.1 Å². The zero-order valence-corrected chi connectivity index (χ0v) is 11.7. The molecule has 0 aromatic heterocycles. The van der Waals surface area contributed by atoms with Crippen LogP contribution < -0.4 is 9.47 Å². The first-order valence-corrected chi connectivity index (χ1v) is 6.77. The minimum Gasteiger partial charge on any atom is -0.423 e. The fourth-order valence-corrected chi connectivity index (χ4v) is 1.73. The van der Waals surface area contributed by atoms with Gasteiger partial charge in [0.1, 0.15) is 0 Å². The molecule has 0 unspecified atom stereocenters. The molecule has 0 aliphatic rings. The monoisotopic (exact) mass is 284 g/mol. The normalized spacial score (nSPS) is 9.95. The molecule has 4 nitrogen and oxygen atoms in total. The van der Waals surface area contributed by atoms with Gasteiger partial charge in [0.15, 0.2) is 11.5 Å². The molecule has 0 heterocycles. The summed E-state index contributed by atoms with van der Waals surface area (Å²) >= 11 is 0. The first kappa shape index (κ1) is 14.8. The third-order valence-electron chi connectivity index (χ3n) is 2.74. The van der Waals surface area contributed by atoms with E-state index in [9.17, 15) is 9.59 Å². The highest BCUT2D eigenvalue weighted by atomic mass is 16.6. The molecule has 2 rings (SSSR count). The van der Waals surface area contributed by atoms with Gasteiger partial charge in [0, 0.05) is 6.42 Å². The van der Waals surface area contributed by atoms with Crippen LogP contribution >= 0.6 is 0 Å². The number of esters is 2. The molecule has 0 fully saturated rings. The molecule has 0 atom stereocenters. The number of carbonyl (C=O) groups is 2. The van der Waals surface area contributed by atoms with Crippen molar-refractivity contribution >= 4 is 11.9 Å². The van der Waals surface area contributed by atoms with E-state index in [-0.39, 0.29) is 17.5 Å². The fourth-order valence-electron chi connectivity index (χ4n) is 1.73. The number of benzene rings is 2. The Kier molecular flexibility index (Phi) is 5.10. The molecular formula is C17H16O4. The van der Waals surface area contributed by atoms with E-state index in [2.05, 4.69) is 0 Å². The maximum absolute atomic E-state index is 12.0. The summed E-state index contributed by atoms with van der Waals surface area (Å²) in [6.07, 6.45) is 1.02. The molecule has 0 saturated carbocycles. The summed E-state index contributed by atoms with van der Waals surface area (Å²) in [6.45, 7) is 1.89. The summed E-state index contributed by atoms with van der Waals surface area (Å²) in [5, 5.41) is 0. The molecule has 4 heteroatoms. The Morgan fingerprint density at radius 2 is 1.43 bits per heavy atom. The Hall–Kier alpha value is -2.62. The number of carbonyl (C=O) groups excluding carboxylic acids is 2. The average Bonchev–Trinajstić information content (AvgIpc) is 2.50. The smallest absolute Gasteiger partial charge is 0.343 e.